The summed E-state index contributed by atoms with van der Waals surface area (Å²) >= 11 is 1.27. The van der Waals surface area contributed by atoms with Crippen LogP contribution in [-0.4, -0.2) is 23.4 Å². The van der Waals surface area contributed by atoms with Crippen LogP contribution < -0.4 is 5.32 Å². The van der Waals surface area contributed by atoms with Crippen LogP contribution in [0, 0.1) is 0 Å². The first-order chi connectivity index (χ1) is 8.78. The lowest BCUT2D eigenvalue weighted by molar-refractivity contribution is 0.187. The van der Waals surface area contributed by atoms with Crippen LogP contribution in [0.4, 0.5) is 9.93 Å². The molecule has 6 heteroatoms. The summed E-state index contributed by atoms with van der Waals surface area (Å²) in [4.78, 5) is 11.0. The van der Waals surface area contributed by atoms with E-state index in [1.54, 1.807) is 0 Å². The number of anilines is 1. The van der Waals surface area contributed by atoms with Gasteiger partial charge >= 0.3 is 6.09 Å². The molecule has 0 aliphatic heterocycles. The van der Waals surface area contributed by atoms with Gasteiger partial charge in [-0.15, -0.1) is 10.2 Å². The molecule has 0 fully saturated rings. The molecule has 18 heavy (non-hydrogen) atoms. The molecule has 5 nitrogen and oxygen atoms in total. The molecule has 0 atom stereocenters. The van der Waals surface area contributed by atoms with Gasteiger partial charge in [-0.1, -0.05) is 47.7 Å². The zero-order chi connectivity index (χ0) is 12.8. The third-order valence-electron chi connectivity index (χ3n) is 2.05. The highest BCUT2D eigenvalue weighted by atomic mass is 32.1. The summed E-state index contributed by atoms with van der Waals surface area (Å²) in [7, 11) is 1.30. The predicted octanol–water partition coefficient (Wildman–Crippen LogP) is 2.89. The highest BCUT2D eigenvalue weighted by Crippen LogP contribution is 2.17. The van der Waals surface area contributed by atoms with E-state index in [0.29, 0.717) is 10.1 Å². The van der Waals surface area contributed by atoms with Crippen molar-refractivity contribution in [3.8, 4) is 0 Å². The number of amides is 1. The zero-order valence-electron chi connectivity index (χ0n) is 9.66. The molecule has 0 aliphatic rings. The predicted molar refractivity (Wildman–Crippen MR) is 71.3 cm³/mol. The molecule has 0 unspecified atom stereocenters. The van der Waals surface area contributed by atoms with Crippen molar-refractivity contribution in [3.63, 3.8) is 0 Å². The van der Waals surface area contributed by atoms with Gasteiger partial charge in [0.1, 0.15) is 5.01 Å². The first-order valence-corrected chi connectivity index (χ1v) is 6.01. The Bertz CT molecular complexity index is 551. The number of aromatic nitrogens is 2. The second-order valence-electron chi connectivity index (χ2n) is 3.31. The lowest BCUT2D eigenvalue weighted by Crippen LogP contribution is -2.10. The van der Waals surface area contributed by atoms with E-state index in [2.05, 4.69) is 20.3 Å². The van der Waals surface area contributed by atoms with Gasteiger partial charge in [-0.3, -0.25) is 5.32 Å². The largest absolute Gasteiger partial charge is 0.453 e. The van der Waals surface area contributed by atoms with Crippen molar-refractivity contribution < 1.29 is 9.53 Å². The maximum Gasteiger partial charge on any atom is 0.413 e. The number of methoxy groups -OCH3 is 1. The first kappa shape index (κ1) is 12.3. The molecule has 0 spiro atoms. The summed E-state index contributed by atoms with van der Waals surface area (Å²) in [5, 5.41) is 11.3. The van der Waals surface area contributed by atoms with E-state index in [4.69, 9.17) is 0 Å². The second-order valence-corrected chi connectivity index (χ2v) is 4.32. The summed E-state index contributed by atoms with van der Waals surface area (Å²) in [6.45, 7) is 0. The number of ether oxygens (including phenoxy) is 1. The fourth-order valence-corrected chi connectivity index (χ4v) is 1.85. The first-order valence-electron chi connectivity index (χ1n) is 5.19. The lowest BCUT2D eigenvalue weighted by Gasteiger charge is -1.95. The Balaban J connectivity index is 2.03. The van der Waals surface area contributed by atoms with Crippen LogP contribution >= 0.6 is 11.3 Å². The molecule has 1 aromatic heterocycles. The number of rotatable bonds is 3. The summed E-state index contributed by atoms with van der Waals surface area (Å²) < 4.78 is 4.46. The molecule has 1 amide bonds. The molecule has 2 aromatic rings. The van der Waals surface area contributed by atoms with Gasteiger partial charge in [0.25, 0.3) is 0 Å². The normalized spacial score (nSPS) is 10.5. The van der Waals surface area contributed by atoms with Crippen molar-refractivity contribution in [1.82, 2.24) is 10.2 Å². The molecular formula is C12H11N3O2S. The SMILES string of the molecule is COC(=O)Nc1nnc(/C=C/c2ccccc2)s1. The van der Waals surface area contributed by atoms with Crippen molar-refractivity contribution in [1.29, 1.82) is 0 Å². The number of benzene rings is 1. The van der Waals surface area contributed by atoms with Crippen molar-refractivity contribution in [3.05, 3.63) is 40.9 Å². The topological polar surface area (TPSA) is 64.1 Å². The van der Waals surface area contributed by atoms with Gasteiger partial charge in [0, 0.05) is 0 Å². The maximum absolute atomic E-state index is 11.0. The summed E-state index contributed by atoms with van der Waals surface area (Å²) in [6.07, 6.45) is 3.22. The van der Waals surface area contributed by atoms with Gasteiger partial charge in [-0.05, 0) is 11.6 Å². The number of carbonyl (C=O) groups is 1. The standard InChI is InChI=1S/C12H11N3O2S/c1-17-12(16)13-11-15-14-10(18-11)8-7-9-5-3-2-4-6-9/h2-8H,1H3,(H,13,15,16)/b8-7+. The van der Waals surface area contributed by atoms with E-state index in [1.165, 1.54) is 18.4 Å². The van der Waals surface area contributed by atoms with Gasteiger partial charge in [-0.2, -0.15) is 0 Å². The molecule has 0 radical (unpaired) electrons. The van der Waals surface area contributed by atoms with Crippen LogP contribution in [0.5, 0.6) is 0 Å². The number of hydrogen-bond donors (Lipinski definition) is 1. The van der Waals surface area contributed by atoms with E-state index >= 15 is 0 Å². The number of nitrogens with zero attached hydrogens (tertiary/aromatic N) is 2. The molecular weight excluding hydrogens is 250 g/mol. The van der Waals surface area contributed by atoms with Gasteiger partial charge in [0.2, 0.25) is 5.13 Å². The van der Waals surface area contributed by atoms with Gasteiger partial charge in [-0.25, -0.2) is 4.79 Å². The zero-order valence-corrected chi connectivity index (χ0v) is 10.5. The number of hydrogen-bond acceptors (Lipinski definition) is 5. The molecule has 1 N–H and O–H groups in total. The van der Waals surface area contributed by atoms with Gasteiger partial charge in [0.05, 0.1) is 7.11 Å². The van der Waals surface area contributed by atoms with Gasteiger partial charge in [0.15, 0.2) is 0 Å². The van der Waals surface area contributed by atoms with Crippen molar-refractivity contribution in [2.75, 3.05) is 12.4 Å². The second kappa shape index (κ2) is 5.92. The minimum absolute atomic E-state index is 0.412. The molecule has 1 aromatic carbocycles. The molecule has 0 aliphatic carbocycles. The van der Waals surface area contributed by atoms with Crippen LogP contribution in [0.25, 0.3) is 12.2 Å². The van der Waals surface area contributed by atoms with E-state index < -0.39 is 6.09 Å². The monoisotopic (exact) mass is 261 g/mol. The Hall–Kier alpha value is -2.21. The third-order valence-corrected chi connectivity index (χ3v) is 2.86. The molecule has 2 rings (SSSR count). The fraction of sp³-hybridized carbons (Fsp3) is 0.0833. The van der Waals surface area contributed by atoms with Gasteiger partial charge < -0.3 is 4.74 Å². The number of nitrogens with one attached hydrogen (secondary N) is 1. The van der Waals surface area contributed by atoms with Crippen LogP contribution in [0.15, 0.2) is 30.3 Å². The van der Waals surface area contributed by atoms with E-state index in [9.17, 15) is 4.79 Å². The Morgan fingerprint density at radius 2 is 2.06 bits per heavy atom. The highest BCUT2D eigenvalue weighted by molar-refractivity contribution is 7.16. The molecule has 92 valence electrons. The van der Waals surface area contributed by atoms with E-state index in [1.807, 2.05) is 42.5 Å². The highest BCUT2D eigenvalue weighted by Gasteiger charge is 2.05. The summed E-state index contributed by atoms with van der Waals surface area (Å²) in [5.74, 6) is 0. The minimum atomic E-state index is -0.551. The van der Waals surface area contributed by atoms with Crippen LogP contribution in [0.1, 0.15) is 10.6 Å². The Kier molecular flexibility index (Phi) is 4.03. The quantitative estimate of drug-likeness (QED) is 0.922. The molecule has 1 heterocycles. The van der Waals surface area contributed by atoms with Crippen molar-refractivity contribution >= 4 is 34.7 Å². The van der Waals surface area contributed by atoms with Crippen molar-refractivity contribution in [2.45, 2.75) is 0 Å². The molecule has 0 saturated carbocycles. The molecule has 0 bridgehead atoms. The minimum Gasteiger partial charge on any atom is -0.453 e. The lowest BCUT2D eigenvalue weighted by atomic mass is 10.2. The Morgan fingerprint density at radius 3 is 2.78 bits per heavy atom. The van der Waals surface area contributed by atoms with Crippen molar-refractivity contribution in [2.24, 2.45) is 0 Å². The van der Waals surface area contributed by atoms with E-state index in [-0.39, 0.29) is 0 Å². The van der Waals surface area contributed by atoms with Crippen LogP contribution in [0.3, 0.4) is 0 Å². The van der Waals surface area contributed by atoms with Crippen LogP contribution in [0.2, 0.25) is 0 Å². The molecule has 0 saturated heterocycles. The Labute approximate surface area is 108 Å². The third kappa shape index (κ3) is 3.39. The van der Waals surface area contributed by atoms with E-state index in [0.717, 1.165) is 5.56 Å². The number of carbonyl (C=O) groups excluding carboxylic acids is 1. The average Bonchev–Trinajstić information content (AvgIpc) is 2.85. The smallest absolute Gasteiger partial charge is 0.413 e. The average molecular weight is 261 g/mol. The summed E-state index contributed by atoms with van der Waals surface area (Å²) in [5.41, 5.74) is 1.08. The Morgan fingerprint density at radius 1 is 1.28 bits per heavy atom. The fourth-order valence-electron chi connectivity index (χ4n) is 1.22. The van der Waals surface area contributed by atoms with Crippen LogP contribution in [-0.2, 0) is 4.74 Å². The maximum atomic E-state index is 11.0. The summed E-state index contributed by atoms with van der Waals surface area (Å²) in [6, 6.07) is 9.87.